The third-order valence-corrected chi connectivity index (χ3v) is 3.98. The fraction of sp³-hybridized carbons (Fsp3) is 0.368. The zero-order chi connectivity index (χ0) is 17.5. The molecule has 0 aliphatic carbocycles. The first-order valence-electron chi connectivity index (χ1n) is 8.15. The molecule has 0 aliphatic rings. The smallest absolute Gasteiger partial charge is 0.149 e. The predicted octanol–water partition coefficient (Wildman–Crippen LogP) is 5.03. The molecule has 2 aromatic carbocycles. The Labute approximate surface area is 141 Å². The minimum Gasteiger partial charge on any atom is -0.351 e. The lowest BCUT2D eigenvalue weighted by atomic mass is 9.95. The highest BCUT2D eigenvalue weighted by Gasteiger charge is 2.13. The van der Waals surface area contributed by atoms with Crippen LogP contribution in [0.3, 0.4) is 0 Å². The standard InChI is InChI=1S/C19H23F3N2/c1-13(5-4-10-23-2)11-14-12-15(20)8-9-18(14)24-19-16(21)6-3-7-17(19)22/h3,6-9,12-13,23-24H,4-5,10-11H2,1-2H3/t13-/m0/s1. The number of rotatable bonds is 8. The summed E-state index contributed by atoms with van der Waals surface area (Å²) in [5.41, 5.74) is 1.03. The van der Waals surface area contributed by atoms with Gasteiger partial charge in [0.1, 0.15) is 23.1 Å². The summed E-state index contributed by atoms with van der Waals surface area (Å²) in [7, 11) is 1.90. The zero-order valence-corrected chi connectivity index (χ0v) is 14.0. The average molecular weight is 336 g/mol. The van der Waals surface area contributed by atoms with Crippen molar-refractivity contribution < 1.29 is 13.2 Å². The Kier molecular flexibility index (Phi) is 6.67. The molecule has 0 aliphatic heterocycles. The van der Waals surface area contributed by atoms with E-state index in [9.17, 15) is 13.2 Å². The maximum absolute atomic E-state index is 13.8. The number of benzene rings is 2. The number of nitrogens with one attached hydrogen (secondary N) is 2. The molecule has 0 unspecified atom stereocenters. The van der Waals surface area contributed by atoms with Crippen LogP contribution in [-0.2, 0) is 6.42 Å². The van der Waals surface area contributed by atoms with Gasteiger partial charge in [-0.2, -0.15) is 0 Å². The Morgan fingerprint density at radius 1 is 1.04 bits per heavy atom. The minimum atomic E-state index is -0.674. The molecule has 0 fully saturated rings. The van der Waals surface area contributed by atoms with Crippen molar-refractivity contribution in [2.45, 2.75) is 26.2 Å². The van der Waals surface area contributed by atoms with Crippen molar-refractivity contribution in [2.75, 3.05) is 18.9 Å². The van der Waals surface area contributed by atoms with E-state index in [2.05, 4.69) is 17.6 Å². The Balaban J connectivity index is 2.18. The summed E-state index contributed by atoms with van der Waals surface area (Å²) in [6.07, 6.45) is 2.66. The monoisotopic (exact) mass is 336 g/mol. The van der Waals surface area contributed by atoms with E-state index in [1.807, 2.05) is 7.05 Å². The van der Waals surface area contributed by atoms with Gasteiger partial charge in [0.05, 0.1) is 0 Å². The predicted molar refractivity (Wildman–Crippen MR) is 92.1 cm³/mol. The maximum atomic E-state index is 13.8. The van der Waals surface area contributed by atoms with Crippen LogP contribution in [0.4, 0.5) is 24.5 Å². The van der Waals surface area contributed by atoms with E-state index >= 15 is 0 Å². The van der Waals surface area contributed by atoms with E-state index in [-0.39, 0.29) is 11.5 Å². The summed E-state index contributed by atoms with van der Waals surface area (Å²) in [6, 6.07) is 7.93. The minimum absolute atomic E-state index is 0.215. The zero-order valence-electron chi connectivity index (χ0n) is 14.0. The van der Waals surface area contributed by atoms with Gasteiger partial charge in [-0.05, 0) is 74.7 Å². The molecule has 2 nitrogen and oxygen atoms in total. The Bertz CT molecular complexity index is 653. The Hall–Kier alpha value is -2.01. The molecular formula is C19H23F3N2. The fourth-order valence-electron chi connectivity index (χ4n) is 2.71. The summed E-state index contributed by atoms with van der Waals surface area (Å²) in [5, 5.41) is 5.88. The molecule has 0 bridgehead atoms. The van der Waals surface area contributed by atoms with Crippen molar-refractivity contribution in [3.63, 3.8) is 0 Å². The molecule has 2 aromatic rings. The quantitative estimate of drug-likeness (QED) is 0.661. The molecule has 0 saturated heterocycles. The van der Waals surface area contributed by atoms with Gasteiger partial charge in [-0.1, -0.05) is 13.0 Å². The molecule has 1 atom stereocenters. The highest BCUT2D eigenvalue weighted by molar-refractivity contribution is 5.64. The average Bonchev–Trinajstić information content (AvgIpc) is 2.53. The van der Waals surface area contributed by atoms with Gasteiger partial charge >= 0.3 is 0 Å². The number of halogens is 3. The summed E-state index contributed by atoms with van der Waals surface area (Å²) in [5.74, 6) is -1.36. The van der Waals surface area contributed by atoms with Crippen molar-refractivity contribution >= 4 is 11.4 Å². The summed E-state index contributed by atoms with van der Waals surface area (Å²) < 4.78 is 41.3. The van der Waals surface area contributed by atoms with Gasteiger partial charge in [0.25, 0.3) is 0 Å². The summed E-state index contributed by atoms with van der Waals surface area (Å²) >= 11 is 0. The van der Waals surface area contributed by atoms with Crippen LogP contribution < -0.4 is 10.6 Å². The van der Waals surface area contributed by atoms with Gasteiger partial charge in [-0.25, -0.2) is 13.2 Å². The topological polar surface area (TPSA) is 24.1 Å². The second-order valence-corrected chi connectivity index (χ2v) is 6.08. The first-order chi connectivity index (χ1) is 11.5. The van der Waals surface area contributed by atoms with Crippen LogP contribution in [0.5, 0.6) is 0 Å². The molecule has 130 valence electrons. The largest absolute Gasteiger partial charge is 0.351 e. The lowest BCUT2D eigenvalue weighted by Crippen LogP contribution is -2.10. The van der Waals surface area contributed by atoms with Crippen LogP contribution in [0, 0.1) is 23.4 Å². The fourth-order valence-corrected chi connectivity index (χ4v) is 2.71. The highest BCUT2D eigenvalue weighted by atomic mass is 19.1. The van der Waals surface area contributed by atoms with Gasteiger partial charge in [-0.3, -0.25) is 0 Å². The van der Waals surface area contributed by atoms with E-state index in [4.69, 9.17) is 0 Å². The van der Waals surface area contributed by atoms with Crippen molar-refractivity contribution in [2.24, 2.45) is 5.92 Å². The molecule has 0 heterocycles. The molecular weight excluding hydrogens is 313 g/mol. The first kappa shape index (κ1) is 18.3. The van der Waals surface area contributed by atoms with E-state index in [0.717, 1.165) is 24.9 Å². The lowest BCUT2D eigenvalue weighted by Gasteiger charge is -2.17. The number of para-hydroxylation sites is 1. The molecule has 0 aromatic heterocycles. The molecule has 2 N–H and O–H groups in total. The van der Waals surface area contributed by atoms with Crippen molar-refractivity contribution in [1.82, 2.24) is 5.32 Å². The summed E-state index contributed by atoms with van der Waals surface area (Å²) in [6.45, 7) is 3.02. The SMILES string of the molecule is CNCCC[C@H](C)Cc1cc(F)ccc1Nc1c(F)cccc1F. The lowest BCUT2D eigenvalue weighted by molar-refractivity contribution is 0.499. The van der Waals surface area contributed by atoms with Gasteiger partial charge in [-0.15, -0.1) is 0 Å². The normalized spacial score (nSPS) is 12.2. The summed E-state index contributed by atoms with van der Waals surface area (Å²) in [4.78, 5) is 0. The second kappa shape index (κ2) is 8.73. The van der Waals surface area contributed by atoms with Gasteiger partial charge < -0.3 is 10.6 Å². The highest BCUT2D eigenvalue weighted by Crippen LogP contribution is 2.28. The number of anilines is 2. The third kappa shape index (κ3) is 4.99. The Morgan fingerprint density at radius 2 is 1.75 bits per heavy atom. The molecule has 24 heavy (non-hydrogen) atoms. The molecule has 0 spiro atoms. The van der Waals surface area contributed by atoms with Gasteiger partial charge in [0.15, 0.2) is 0 Å². The van der Waals surface area contributed by atoms with Gasteiger partial charge in [0.2, 0.25) is 0 Å². The van der Waals surface area contributed by atoms with Crippen LogP contribution in [0.25, 0.3) is 0 Å². The van der Waals surface area contributed by atoms with Crippen molar-refractivity contribution in [3.05, 3.63) is 59.4 Å². The van der Waals surface area contributed by atoms with E-state index < -0.39 is 11.6 Å². The molecule has 2 rings (SSSR count). The van der Waals surface area contributed by atoms with Crippen LogP contribution in [0.15, 0.2) is 36.4 Å². The number of hydrogen-bond donors (Lipinski definition) is 2. The molecule has 5 heteroatoms. The van der Waals surface area contributed by atoms with Crippen LogP contribution in [-0.4, -0.2) is 13.6 Å². The number of hydrogen-bond acceptors (Lipinski definition) is 2. The molecule has 0 saturated carbocycles. The van der Waals surface area contributed by atoms with Crippen LogP contribution in [0.1, 0.15) is 25.3 Å². The van der Waals surface area contributed by atoms with Crippen LogP contribution in [0.2, 0.25) is 0 Å². The van der Waals surface area contributed by atoms with E-state index in [1.54, 1.807) is 0 Å². The maximum Gasteiger partial charge on any atom is 0.149 e. The molecule has 0 radical (unpaired) electrons. The van der Waals surface area contributed by atoms with Crippen molar-refractivity contribution in [1.29, 1.82) is 0 Å². The third-order valence-electron chi connectivity index (χ3n) is 3.98. The Morgan fingerprint density at radius 3 is 2.42 bits per heavy atom. The van der Waals surface area contributed by atoms with Gasteiger partial charge in [0, 0.05) is 5.69 Å². The van der Waals surface area contributed by atoms with Crippen LogP contribution >= 0.6 is 0 Å². The molecule has 0 amide bonds. The van der Waals surface area contributed by atoms with Crippen molar-refractivity contribution in [3.8, 4) is 0 Å². The van der Waals surface area contributed by atoms with E-state index in [1.165, 1.54) is 36.4 Å². The second-order valence-electron chi connectivity index (χ2n) is 6.08. The van der Waals surface area contributed by atoms with E-state index in [0.29, 0.717) is 18.0 Å². The first-order valence-corrected chi connectivity index (χ1v) is 8.15.